The van der Waals surface area contributed by atoms with Crippen molar-refractivity contribution >= 4 is 5.82 Å². The summed E-state index contributed by atoms with van der Waals surface area (Å²) in [4.78, 5) is 17.8. The first-order chi connectivity index (χ1) is 6.86. The minimum atomic E-state index is -0.154. The fourth-order valence-electron chi connectivity index (χ4n) is 1.61. The molecule has 0 aliphatic carbocycles. The second-order valence-electron chi connectivity index (χ2n) is 3.51. The molecule has 0 spiro atoms. The Morgan fingerprint density at radius 3 is 3.29 bits per heavy atom. The number of aromatic amines is 1. The van der Waals surface area contributed by atoms with Crippen LogP contribution in [0.3, 0.4) is 0 Å². The Hall–Kier alpha value is -1.36. The van der Waals surface area contributed by atoms with Gasteiger partial charge in [0.2, 0.25) is 0 Å². The van der Waals surface area contributed by atoms with Crippen LogP contribution in [0, 0.1) is 5.92 Å². The molecule has 1 atom stereocenters. The van der Waals surface area contributed by atoms with Gasteiger partial charge < -0.3 is 15.6 Å². The minimum Gasteiger partial charge on any atom is -0.365 e. The fraction of sp³-hybridized carbons (Fsp3) is 0.556. The Balaban J connectivity index is 1.91. The van der Waals surface area contributed by atoms with Gasteiger partial charge >= 0.3 is 0 Å². The van der Waals surface area contributed by atoms with Crippen molar-refractivity contribution in [2.75, 3.05) is 25.0 Å². The third-order valence-corrected chi connectivity index (χ3v) is 2.43. The number of hydrogen-bond donors (Lipinski definition) is 3. The monoisotopic (exact) mass is 194 g/mol. The lowest BCUT2D eigenvalue weighted by molar-refractivity contribution is 0.613. The predicted molar refractivity (Wildman–Crippen MR) is 54.3 cm³/mol. The number of H-pyrrole nitrogens is 1. The van der Waals surface area contributed by atoms with Gasteiger partial charge in [-0.05, 0) is 25.4 Å². The van der Waals surface area contributed by atoms with E-state index in [1.165, 1.54) is 6.20 Å². The summed E-state index contributed by atoms with van der Waals surface area (Å²) in [5.74, 6) is 1.02. The van der Waals surface area contributed by atoms with E-state index in [1.54, 1.807) is 6.20 Å². The molecular formula is C9H14N4O. The van der Waals surface area contributed by atoms with E-state index in [-0.39, 0.29) is 5.56 Å². The third kappa shape index (κ3) is 2.11. The van der Waals surface area contributed by atoms with Gasteiger partial charge in [-0.3, -0.25) is 4.79 Å². The number of nitrogens with zero attached hydrogens (tertiary/aromatic N) is 1. The Morgan fingerprint density at radius 1 is 1.64 bits per heavy atom. The van der Waals surface area contributed by atoms with Crippen molar-refractivity contribution in [1.82, 2.24) is 15.3 Å². The van der Waals surface area contributed by atoms with Gasteiger partial charge in [0.25, 0.3) is 5.56 Å². The van der Waals surface area contributed by atoms with E-state index in [2.05, 4.69) is 20.6 Å². The van der Waals surface area contributed by atoms with Gasteiger partial charge in [-0.15, -0.1) is 0 Å². The molecule has 0 saturated carbocycles. The lowest BCUT2D eigenvalue weighted by atomic mass is 10.1. The lowest BCUT2D eigenvalue weighted by Crippen LogP contribution is -2.22. The molecule has 1 aliphatic heterocycles. The Labute approximate surface area is 82.0 Å². The van der Waals surface area contributed by atoms with Gasteiger partial charge in [0.1, 0.15) is 0 Å². The zero-order chi connectivity index (χ0) is 9.80. The summed E-state index contributed by atoms with van der Waals surface area (Å²) < 4.78 is 0. The highest BCUT2D eigenvalue weighted by Gasteiger charge is 2.14. The van der Waals surface area contributed by atoms with Gasteiger partial charge in [0.05, 0.1) is 0 Å². The predicted octanol–water partition coefficient (Wildman–Crippen LogP) is -0.209. The van der Waals surface area contributed by atoms with E-state index in [9.17, 15) is 4.79 Å². The molecule has 5 heteroatoms. The summed E-state index contributed by atoms with van der Waals surface area (Å²) >= 11 is 0. The second-order valence-corrected chi connectivity index (χ2v) is 3.51. The van der Waals surface area contributed by atoms with Crippen LogP contribution in [0.2, 0.25) is 0 Å². The van der Waals surface area contributed by atoms with Gasteiger partial charge in [0, 0.05) is 18.9 Å². The van der Waals surface area contributed by atoms with Gasteiger partial charge in [-0.1, -0.05) is 0 Å². The number of aromatic nitrogens is 2. The maximum Gasteiger partial charge on any atom is 0.290 e. The molecule has 1 aromatic rings. The van der Waals surface area contributed by atoms with Crippen molar-refractivity contribution < 1.29 is 0 Å². The van der Waals surface area contributed by atoms with Gasteiger partial charge in [-0.25, -0.2) is 4.98 Å². The number of hydrogen-bond acceptors (Lipinski definition) is 4. The zero-order valence-electron chi connectivity index (χ0n) is 7.92. The summed E-state index contributed by atoms with van der Waals surface area (Å²) in [6, 6.07) is 0. The molecule has 1 saturated heterocycles. The van der Waals surface area contributed by atoms with Gasteiger partial charge in [-0.2, -0.15) is 0 Å². The fourth-order valence-corrected chi connectivity index (χ4v) is 1.61. The highest BCUT2D eigenvalue weighted by atomic mass is 16.1. The van der Waals surface area contributed by atoms with Crippen LogP contribution < -0.4 is 16.2 Å². The molecule has 0 aromatic carbocycles. The quantitative estimate of drug-likeness (QED) is 0.623. The van der Waals surface area contributed by atoms with Crippen LogP contribution >= 0.6 is 0 Å². The highest BCUT2D eigenvalue weighted by Crippen LogP contribution is 2.07. The zero-order valence-corrected chi connectivity index (χ0v) is 7.92. The summed E-state index contributed by atoms with van der Waals surface area (Å²) in [6.07, 6.45) is 4.28. The molecule has 0 amide bonds. The molecule has 1 fully saturated rings. The van der Waals surface area contributed by atoms with Crippen LogP contribution in [0.5, 0.6) is 0 Å². The first-order valence-electron chi connectivity index (χ1n) is 4.84. The summed E-state index contributed by atoms with van der Waals surface area (Å²) in [5.41, 5.74) is -0.154. The normalized spacial score (nSPS) is 21.0. The van der Waals surface area contributed by atoms with E-state index < -0.39 is 0 Å². The largest absolute Gasteiger partial charge is 0.365 e. The van der Waals surface area contributed by atoms with Crippen LogP contribution in [-0.4, -0.2) is 29.6 Å². The van der Waals surface area contributed by atoms with Gasteiger partial charge in [0.15, 0.2) is 5.82 Å². The summed E-state index contributed by atoms with van der Waals surface area (Å²) in [5, 5.41) is 6.34. The molecule has 2 heterocycles. The van der Waals surface area contributed by atoms with E-state index >= 15 is 0 Å². The average molecular weight is 194 g/mol. The molecular weight excluding hydrogens is 180 g/mol. The van der Waals surface area contributed by atoms with E-state index in [0.717, 1.165) is 26.1 Å². The topological polar surface area (TPSA) is 69.8 Å². The third-order valence-electron chi connectivity index (χ3n) is 2.43. The molecule has 76 valence electrons. The van der Waals surface area contributed by atoms with Crippen LogP contribution in [0.15, 0.2) is 17.2 Å². The lowest BCUT2D eigenvalue weighted by Gasteiger charge is -2.08. The van der Waals surface area contributed by atoms with Crippen molar-refractivity contribution in [3.63, 3.8) is 0 Å². The SMILES string of the molecule is O=c1[nH]ccnc1NCC1CCNC1. The van der Waals surface area contributed by atoms with Crippen molar-refractivity contribution in [2.45, 2.75) is 6.42 Å². The average Bonchev–Trinajstić information content (AvgIpc) is 2.69. The molecule has 1 aliphatic rings. The summed E-state index contributed by atoms with van der Waals surface area (Å²) in [7, 11) is 0. The molecule has 0 bridgehead atoms. The molecule has 2 rings (SSSR count). The van der Waals surface area contributed by atoms with E-state index in [0.29, 0.717) is 11.7 Å². The molecule has 0 radical (unpaired) electrons. The maximum atomic E-state index is 11.2. The minimum absolute atomic E-state index is 0.154. The smallest absolute Gasteiger partial charge is 0.290 e. The summed E-state index contributed by atoms with van der Waals surface area (Å²) in [6.45, 7) is 2.91. The number of nitrogens with one attached hydrogen (secondary N) is 3. The van der Waals surface area contributed by atoms with Crippen LogP contribution in [-0.2, 0) is 0 Å². The molecule has 5 nitrogen and oxygen atoms in total. The molecule has 14 heavy (non-hydrogen) atoms. The first kappa shape index (κ1) is 9.21. The number of rotatable bonds is 3. The van der Waals surface area contributed by atoms with Crippen molar-refractivity contribution in [3.05, 3.63) is 22.7 Å². The van der Waals surface area contributed by atoms with Crippen LogP contribution in [0.25, 0.3) is 0 Å². The molecule has 1 aromatic heterocycles. The van der Waals surface area contributed by atoms with Crippen molar-refractivity contribution in [3.8, 4) is 0 Å². The molecule has 3 N–H and O–H groups in total. The van der Waals surface area contributed by atoms with Crippen molar-refractivity contribution in [2.24, 2.45) is 5.92 Å². The Bertz CT molecular complexity index is 343. The highest BCUT2D eigenvalue weighted by molar-refractivity contribution is 5.29. The van der Waals surface area contributed by atoms with E-state index in [1.807, 2.05) is 0 Å². The standard InChI is InChI=1S/C9H14N4O/c14-9-8(11-3-4-12-9)13-6-7-1-2-10-5-7/h3-4,7,10H,1-2,5-6H2,(H,11,13)(H,12,14). The Kier molecular flexibility index (Phi) is 2.78. The van der Waals surface area contributed by atoms with Crippen molar-refractivity contribution in [1.29, 1.82) is 0 Å². The first-order valence-corrected chi connectivity index (χ1v) is 4.84. The van der Waals surface area contributed by atoms with Crippen LogP contribution in [0.4, 0.5) is 5.82 Å². The second kappa shape index (κ2) is 4.23. The maximum absolute atomic E-state index is 11.2. The van der Waals surface area contributed by atoms with Crippen LogP contribution in [0.1, 0.15) is 6.42 Å². The van der Waals surface area contributed by atoms with E-state index in [4.69, 9.17) is 0 Å². The molecule has 1 unspecified atom stereocenters. The Morgan fingerprint density at radius 2 is 2.57 bits per heavy atom. The number of anilines is 1.